The Morgan fingerprint density at radius 2 is 2.25 bits per heavy atom. The third-order valence-electron chi connectivity index (χ3n) is 3.84. The number of carbonyl (C=O) groups is 1. The molecule has 1 aliphatic carbocycles. The zero-order chi connectivity index (χ0) is 14.7. The van der Waals surface area contributed by atoms with Gasteiger partial charge in [0.05, 0.1) is 17.9 Å². The highest BCUT2D eigenvalue weighted by molar-refractivity contribution is 5.88. The monoisotopic (exact) mass is 281 g/mol. The van der Waals surface area contributed by atoms with Gasteiger partial charge in [0.15, 0.2) is 0 Å². The molecule has 1 aliphatic rings. The predicted molar refractivity (Wildman–Crippen MR) is 74.8 cm³/mol. The molecule has 0 amide bonds. The van der Waals surface area contributed by atoms with Crippen molar-refractivity contribution in [3.63, 3.8) is 0 Å². The van der Waals surface area contributed by atoms with Gasteiger partial charge in [-0.25, -0.2) is 9.18 Å². The average Bonchev–Trinajstić information content (AvgIpc) is 3.24. The minimum Gasteiger partial charge on any atom is -0.478 e. The van der Waals surface area contributed by atoms with Crippen LogP contribution >= 0.6 is 0 Å². The molecule has 0 spiro atoms. The summed E-state index contributed by atoms with van der Waals surface area (Å²) in [6, 6.07) is 4.31. The van der Waals surface area contributed by atoms with Gasteiger partial charge in [-0.05, 0) is 43.9 Å². The van der Waals surface area contributed by atoms with Crippen LogP contribution in [0, 0.1) is 11.7 Å². The Morgan fingerprint density at radius 3 is 2.75 bits per heavy atom. The van der Waals surface area contributed by atoms with Crippen molar-refractivity contribution < 1.29 is 19.0 Å². The number of methoxy groups -OCH3 is 1. The molecule has 1 atom stereocenters. The van der Waals surface area contributed by atoms with E-state index in [9.17, 15) is 9.18 Å². The van der Waals surface area contributed by atoms with Crippen LogP contribution in [0.15, 0.2) is 18.2 Å². The molecular weight excluding hydrogens is 261 g/mol. The van der Waals surface area contributed by atoms with E-state index in [2.05, 4.69) is 6.92 Å². The Kier molecular flexibility index (Phi) is 4.60. The van der Waals surface area contributed by atoms with Gasteiger partial charge >= 0.3 is 5.97 Å². The molecule has 0 bridgehead atoms. The van der Waals surface area contributed by atoms with Crippen LogP contribution in [0.5, 0.6) is 0 Å². The smallest absolute Gasteiger partial charge is 0.335 e. The standard InChI is InChI=1S/C15H20FNO3/c1-10(11-3-4-11)17(7-8-20-2)14-6-5-12(15(18)19)9-13(14)16/h5-6,9-11H,3-4,7-8H2,1-2H3,(H,18,19). The van der Waals surface area contributed by atoms with Gasteiger partial charge in [-0.15, -0.1) is 0 Å². The Morgan fingerprint density at radius 1 is 1.55 bits per heavy atom. The average molecular weight is 281 g/mol. The topological polar surface area (TPSA) is 49.8 Å². The van der Waals surface area contributed by atoms with Crippen molar-refractivity contribution in [2.24, 2.45) is 5.92 Å². The van der Waals surface area contributed by atoms with Gasteiger partial charge < -0.3 is 14.7 Å². The molecule has 0 aromatic heterocycles. The van der Waals surface area contributed by atoms with Gasteiger partial charge in [-0.3, -0.25) is 0 Å². The van der Waals surface area contributed by atoms with Gasteiger partial charge in [0, 0.05) is 19.7 Å². The molecule has 4 nitrogen and oxygen atoms in total. The number of carboxylic acid groups (broad SMARTS) is 1. The van der Waals surface area contributed by atoms with Gasteiger partial charge in [0.1, 0.15) is 5.82 Å². The quantitative estimate of drug-likeness (QED) is 0.835. The third-order valence-corrected chi connectivity index (χ3v) is 3.84. The van der Waals surface area contributed by atoms with E-state index in [1.54, 1.807) is 13.2 Å². The highest BCUT2D eigenvalue weighted by Crippen LogP contribution is 2.37. The summed E-state index contributed by atoms with van der Waals surface area (Å²) in [5, 5.41) is 8.89. The van der Waals surface area contributed by atoms with Crippen LogP contribution in [-0.2, 0) is 4.74 Å². The van der Waals surface area contributed by atoms with E-state index < -0.39 is 11.8 Å². The van der Waals surface area contributed by atoms with Gasteiger partial charge in [0.25, 0.3) is 0 Å². The van der Waals surface area contributed by atoms with Crippen molar-refractivity contribution in [1.82, 2.24) is 0 Å². The molecule has 1 aromatic rings. The molecule has 1 saturated carbocycles. The number of nitrogens with zero attached hydrogens (tertiary/aromatic N) is 1. The number of carboxylic acids is 1. The molecule has 0 heterocycles. The molecule has 0 aliphatic heterocycles. The van der Waals surface area contributed by atoms with E-state index in [1.807, 2.05) is 4.90 Å². The third kappa shape index (κ3) is 3.28. The highest BCUT2D eigenvalue weighted by Gasteiger charge is 2.33. The minimum absolute atomic E-state index is 0.0305. The molecule has 0 saturated heterocycles. The van der Waals surface area contributed by atoms with E-state index in [1.165, 1.54) is 18.9 Å². The molecule has 1 fully saturated rings. The van der Waals surface area contributed by atoms with Crippen molar-refractivity contribution in [2.75, 3.05) is 25.2 Å². The number of aromatic carboxylic acids is 1. The van der Waals surface area contributed by atoms with Gasteiger partial charge in [-0.2, -0.15) is 0 Å². The Hall–Kier alpha value is -1.62. The molecular formula is C15H20FNO3. The number of halogens is 1. The zero-order valence-corrected chi connectivity index (χ0v) is 11.8. The molecule has 1 N–H and O–H groups in total. The maximum atomic E-state index is 14.2. The summed E-state index contributed by atoms with van der Waals surface area (Å²) in [5.41, 5.74) is 0.420. The second-order valence-electron chi connectivity index (χ2n) is 5.24. The summed E-state index contributed by atoms with van der Waals surface area (Å²) in [6.45, 7) is 3.19. The van der Waals surface area contributed by atoms with E-state index >= 15 is 0 Å². The largest absolute Gasteiger partial charge is 0.478 e. The van der Waals surface area contributed by atoms with Crippen molar-refractivity contribution in [3.8, 4) is 0 Å². The van der Waals surface area contributed by atoms with Gasteiger partial charge in [0.2, 0.25) is 0 Å². The number of rotatable bonds is 7. The van der Waals surface area contributed by atoms with Crippen molar-refractivity contribution in [2.45, 2.75) is 25.8 Å². The lowest BCUT2D eigenvalue weighted by Crippen LogP contribution is -2.37. The van der Waals surface area contributed by atoms with Crippen molar-refractivity contribution in [1.29, 1.82) is 0 Å². The molecule has 2 rings (SSSR count). The minimum atomic E-state index is -1.12. The van der Waals surface area contributed by atoms with Crippen LogP contribution < -0.4 is 4.90 Å². The van der Waals surface area contributed by atoms with Gasteiger partial charge in [-0.1, -0.05) is 0 Å². The van der Waals surface area contributed by atoms with Crippen LogP contribution in [0.2, 0.25) is 0 Å². The lowest BCUT2D eigenvalue weighted by molar-refractivity contribution is 0.0696. The van der Waals surface area contributed by atoms with Crippen LogP contribution in [-0.4, -0.2) is 37.4 Å². The van der Waals surface area contributed by atoms with Crippen LogP contribution in [0.3, 0.4) is 0 Å². The fourth-order valence-corrected chi connectivity index (χ4v) is 2.44. The van der Waals surface area contributed by atoms with E-state index in [0.29, 0.717) is 24.8 Å². The number of hydrogen-bond donors (Lipinski definition) is 1. The molecule has 1 aromatic carbocycles. The van der Waals surface area contributed by atoms with E-state index in [-0.39, 0.29) is 11.6 Å². The van der Waals surface area contributed by atoms with Crippen LogP contribution in [0.4, 0.5) is 10.1 Å². The summed E-state index contributed by atoms with van der Waals surface area (Å²) < 4.78 is 19.3. The fourth-order valence-electron chi connectivity index (χ4n) is 2.44. The molecule has 5 heteroatoms. The Bertz CT molecular complexity index is 488. The van der Waals surface area contributed by atoms with Crippen molar-refractivity contribution >= 4 is 11.7 Å². The first kappa shape index (κ1) is 14.8. The van der Waals surface area contributed by atoms with Crippen molar-refractivity contribution in [3.05, 3.63) is 29.6 Å². The number of ether oxygens (including phenoxy) is 1. The maximum Gasteiger partial charge on any atom is 0.335 e. The number of anilines is 1. The highest BCUT2D eigenvalue weighted by atomic mass is 19.1. The fraction of sp³-hybridized carbons (Fsp3) is 0.533. The maximum absolute atomic E-state index is 14.2. The zero-order valence-electron chi connectivity index (χ0n) is 11.8. The van der Waals surface area contributed by atoms with Crippen LogP contribution in [0.25, 0.3) is 0 Å². The normalized spacial score (nSPS) is 15.9. The second-order valence-corrected chi connectivity index (χ2v) is 5.24. The Labute approximate surface area is 118 Å². The molecule has 110 valence electrons. The molecule has 20 heavy (non-hydrogen) atoms. The number of benzene rings is 1. The molecule has 1 unspecified atom stereocenters. The summed E-state index contributed by atoms with van der Waals surface area (Å²) in [4.78, 5) is 12.8. The summed E-state index contributed by atoms with van der Waals surface area (Å²) in [5.74, 6) is -1.02. The lowest BCUT2D eigenvalue weighted by Gasteiger charge is -2.31. The lowest BCUT2D eigenvalue weighted by atomic mass is 10.1. The van der Waals surface area contributed by atoms with Crippen LogP contribution in [0.1, 0.15) is 30.1 Å². The predicted octanol–water partition coefficient (Wildman–Crippen LogP) is 2.78. The Balaban J connectivity index is 2.25. The van der Waals surface area contributed by atoms with E-state index in [4.69, 9.17) is 9.84 Å². The number of hydrogen-bond acceptors (Lipinski definition) is 3. The molecule has 0 radical (unpaired) electrons. The second kappa shape index (κ2) is 6.22. The summed E-state index contributed by atoms with van der Waals surface area (Å²) >= 11 is 0. The SMILES string of the molecule is COCCN(c1ccc(C(=O)O)cc1F)C(C)C1CC1. The summed E-state index contributed by atoms with van der Waals surface area (Å²) in [7, 11) is 1.61. The van der Waals surface area contributed by atoms with E-state index in [0.717, 1.165) is 6.07 Å². The first-order valence-corrected chi connectivity index (χ1v) is 6.83. The first-order chi connectivity index (χ1) is 9.54. The summed E-state index contributed by atoms with van der Waals surface area (Å²) in [6.07, 6.45) is 2.33. The first-order valence-electron chi connectivity index (χ1n) is 6.83.